The monoisotopic (exact) mass is 269 g/mol. The van der Waals surface area contributed by atoms with Crippen LogP contribution < -0.4 is 5.73 Å². The molecule has 1 aromatic heterocycles. The van der Waals surface area contributed by atoms with Crippen molar-refractivity contribution in [1.29, 1.82) is 0 Å². The van der Waals surface area contributed by atoms with Crippen molar-refractivity contribution in [3.8, 4) is 0 Å². The molecule has 1 aromatic carbocycles. The lowest BCUT2D eigenvalue weighted by molar-refractivity contribution is 0.610. The van der Waals surface area contributed by atoms with Crippen molar-refractivity contribution >= 4 is 22.9 Å². The molecule has 0 aliphatic rings. The van der Waals surface area contributed by atoms with E-state index in [-0.39, 0.29) is 11.9 Å². The molecule has 1 unspecified atom stereocenters. The molecule has 0 spiro atoms. The van der Waals surface area contributed by atoms with Gasteiger partial charge in [0.2, 0.25) is 0 Å². The number of halogens is 2. The van der Waals surface area contributed by atoms with E-state index in [0.717, 1.165) is 14.8 Å². The van der Waals surface area contributed by atoms with Gasteiger partial charge in [0.1, 0.15) is 5.82 Å². The normalized spacial score (nSPS) is 12.7. The average Bonchev–Trinajstić information content (AvgIpc) is 2.68. The minimum atomic E-state index is -0.206. The van der Waals surface area contributed by atoms with Crippen LogP contribution in [0.3, 0.4) is 0 Å². The highest BCUT2D eigenvalue weighted by atomic mass is 35.5. The van der Waals surface area contributed by atoms with Gasteiger partial charge in [0, 0.05) is 17.3 Å². The van der Waals surface area contributed by atoms with Crippen LogP contribution in [0.25, 0.3) is 0 Å². The van der Waals surface area contributed by atoms with Crippen LogP contribution in [0, 0.1) is 12.7 Å². The number of rotatable bonds is 3. The van der Waals surface area contributed by atoms with Crippen molar-refractivity contribution in [3.63, 3.8) is 0 Å². The molecule has 2 N–H and O–H groups in total. The molecule has 0 fully saturated rings. The lowest BCUT2D eigenvalue weighted by atomic mass is 10.0. The minimum Gasteiger partial charge on any atom is -0.324 e. The molecule has 4 heteroatoms. The Kier molecular flexibility index (Phi) is 3.82. The van der Waals surface area contributed by atoms with E-state index >= 15 is 0 Å². The van der Waals surface area contributed by atoms with Crippen LogP contribution in [0.15, 0.2) is 30.3 Å². The van der Waals surface area contributed by atoms with Crippen molar-refractivity contribution in [1.82, 2.24) is 0 Å². The third kappa shape index (κ3) is 3.06. The predicted octanol–water partition coefficient (Wildman–Crippen LogP) is 4.09. The molecule has 1 heterocycles. The number of aryl methyl sites for hydroxylation is 1. The van der Waals surface area contributed by atoms with E-state index < -0.39 is 0 Å². The van der Waals surface area contributed by atoms with Crippen molar-refractivity contribution in [2.45, 2.75) is 19.4 Å². The first-order chi connectivity index (χ1) is 8.06. The first kappa shape index (κ1) is 12.6. The average molecular weight is 270 g/mol. The zero-order valence-corrected chi connectivity index (χ0v) is 11.0. The van der Waals surface area contributed by atoms with Crippen molar-refractivity contribution in [2.75, 3.05) is 0 Å². The Hall–Kier alpha value is -0.900. The first-order valence-electron chi connectivity index (χ1n) is 5.32. The predicted molar refractivity (Wildman–Crippen MR) is 71.1 cm³/mol. The van der Waals surface area contributed by atoms with Gasteiger partial charge in [0.05, 0.1) is 4.34 Å². The van der Waals surface area contributed by atoms with Gasteiger partial charge in [0.15, 0.2) is 0 Å². The molecule has 2 aromatic rings. The summed E-state index contributed by atoms with van der Waals surface area (Å²) in [7, 11) is 0. The van der Waals surface area contributed by atoms with Gasteiger partial charge >= 0.3 is 0 Å². The summed E-state index contributed by atoms with van der Waals surface area (Å²) < 4.78 is 14.2. The van der Waals surface area contributed by atoms with Crippen LogP contribution in [-0.2, 0) is 6.42 Å². The molecule has 0 aliphatic heterocycles. The summed E-state index contributed by atoms with van der Waals surface area (Å²) in [4.78, 5) is 1.11. The second-order valence-electron chi connectivity index (χ2n) is 4.03. The van der Waals surface area contributed by atoms with E-state index in [1.807, 2.05) is 18.2 Å². The van der Waals surface area contributed by atoms with Crippen LogP contribution in [0.4, 0.5) is 4.39 Å². The largest absolute Gasteiger partial charge is 0.324 e. The number of nitrogens with two attached hydrogens (primary N) is 1. The summed E-state index contributed by atoms with van der Waals surface area (Å²) in [5.74, 6) is -0.206. The molecule has 17 heavy (non-hydrogen) atoms. The Morgan fingerprint density at radius 3 is 2.71 bits per heavy atom. The van der Waals surface area contributed by atoms with Crippen molar-refractivity contribution < 1.29 is 4.39 Å². The van der Waals surface area contributed by atoms with Crippen molar-refractivity contribution in [2.24, 2.45) is 5.73 Å². The van der Waals surface area contributed by atoms with E-state index in [1.54, 1.807) is 13.0 Å². The zero-order chi connectivity index (χ0) is 12.4. The fourth-order valence-electron chi connectivity index (χ4n) is 1.64. The van der Waals surface area contributed by atoms with Gasteiger partial charge < -0.3 is 5.73 Å². The standard InChI is InChI=1S/C13H13ClFNS/c1-8-2-3-9(6-11(8)15)12(16)7-10-4-5-13(14)17-10/h2-6,12H,7,16H2,1H3. The van der Waals surface area contributed by atoms with E-state index in [4.69, 9.17) is 17.3 Å². The number of hydrogen-bond donors (Lipinski definition) is 1. The molecule has 0 bridgehead atoms. The van der Waals surface area contributed by atoms with Crippen LogP contribution in [0.2, 0.25) is 4.34 Å². The maximum absolute atomic E-state index is 13.4. The molecule has 0 radical (unpaired) electrons. The smallest absolute Gasteiger partial charge is 0.126 e. The Morgan fingerprint density at radius 2 is 2.12 bits per heavy atom. The quantitative estimate of drug-likeness (QED) is 0.892. The maximum atomic E-state index is 13.4. The SMILES string of the molecule is Cc1ccc(C(N)Cc2ccc(Cl)s2)cc1F. The molecule has 0 saturated carbocycles. The van der Waals surface area contributed by atoms with Gasteiger partial charge in [-0.3, -0.25) is 0 Å². The van der Waals surface area contributed by atoms with Crippen LogP contribution in [0.1, 0.15) is 22.0 Å². The Balaban J connectivity index is 2.14. The zero-order valence-electron chi connectivity index (χ0n) is 9.41. The summed E-state index contributed by atoms with van der Waals surface area (Å²) in [6.07, 6.45) is 0.680. The summed E-state index contributed by atoms with van der Waals surface area (Å²) in [5.41, 5.74) is 7.51. The highest BCUT2D eigenvalue weighted by molar-refractivity contribution is 7.16. The topological polar surface area (TPSA) is 26.0 Å². The molecule has 1 atom stereocenters. The summed E-state index contributed by atoms with van der Waals surface area (Å²) in [5, 5.41) is 0. The third-order valence-electron chi connectivity index (χ3n) is 2.67. The summed E-state index contributed by atoms with van der Waals surface area (Å²) >= 11 is 7.36. The molecule has 1 nitrogen and oxygen atoms in total. The third-order valence-corrected chi connectivity index (χ3v) is 3.93. The molecular formula is C13H13ClFNS. The lowest BCUT2D eigenvalue weighted by Crippen LogP contribution is -2.13. The number of benzene rings is 1. The second-order valence-corrected chi connectivity index (χ2v) is 5.82. The van der Waals surface area contributed by atoms with Gasteiger partial charge in [-0.15, -0.1) is 11.3 Å². The minimum absolute atomic E-state index is 0.195. The maximum Gasteiger partial charge on any atom is 0.126 e. The van der Waals surface area contributed by atoms with Gasteiger partial charge in [-0.25, -0.2) is 4.39 Å². The molecular weight excluding hydrogens is 257 g/mol. The Labute approximate surface area is 109 Å². The summed E-state index contributed by atoms with van der Waals surface area (Å²) in [6, 6.07) is 8.75. The molecule has 90 valence electrons. The molecule has 2 rings (SSSR count). The van der Waals surface area contributed by atoms with E-state index in [9.17, 15) is 4.39 Å². The van der Waals surface area contributed by atoms with Crippen LogP contribution in [-0.4, -0.2) is 0 Å². The van der Waals surface area contributed by atoms with E-state index in [1.165, 1.54) is 17.4 Å². The van der Waals surface area contributed by atoms with Gasteiger partial charge in [-0.1, -0.05) is 23.7 Å². The van der Waals surface area contributed by atoms with E-state index in [0.29, 0.717) is 12.0 Å². The summed E-state index contributed by atoms with van der Waals surface area (Å²) in [6.45, 7) is 1.74. The molecule has 0 saturated heterocycles. The number of hydrogen-bond acceptors (Lipinski definition) is 2. The second kappa shape index (κ2) is 5.17. The fourth-order valence-corrected chi connectivity index (χ4v) is 2.78. The Morgan fingerprint density at radius 1 is 1.35 bits per heavy atom. The highest BCUT2D eigenvalue weighted by Gasteiger charge is 2.10. The van der Waals surface area contributed by atoms with E-state index in [2.05, 4.69) is 0 Å². The Bertz CT molecular complexity index is 524. The first-order valence-corrected chi connectivity index (χ1v) is 6.51. The number of thiophene rings is 1. The highest BCUT2D eigenvalue weighted by Crippen LogP contribution is 2.26. The van der Waals surface area contributed by atoms with Gasteiger partial charge in [-0.05, 0) is 36.2 Å². The lowest BCUT2D eigenvalue weighted by Gasteiger charge is -2.11. The van der Waals surface area contributed by atoms with Crippen molar-refractivity contribution in [3.05, 3.63) is 56.5 Å². The molecule has 0 amide bonds. The van der Waals surface area contributed by atoms with Gasteiger partial charge in [0.25, 0.3) is 0 Å². The van der Waals surface area contributed by atoms with Crippen LogP contribution >= 0.6 is 22.9 Å². The van der Waals surface area contributed by atoms with Crippen LogP contribution in [0.5, 0.6) is 0 Å². The molecule has 0 aliphatic carbocycles. The van der Waals surface area contributed by atoms with Gasteiger partial charge in [-0.2, -0.15) is 0 Å². The fraction of sp³-hybridized carbons (Fsp3) is 0.231.